The van der Waals surface area contributed by atoms with E-state index in [9.17, 15) is 9.59 Å². The smallest absolute Gasteiger partial charge is 0.330 e. The van der Waals surface area contributed by atoms with Crippen molar-refractivity contribution in [2.24, 2.45) is 5.92 Å². The van der Waals surface area contributed by atoms with Gasteiger partial charge < -0.3 is 15.8 Å². The summed E-state index contributed by atoms with van der Waals surface area (Å²) < 4.78 is 6.24. The van der Waals surface area contributed by atoms with Crippen molar-refractivity contribution in [1.29, 1.82) is 0 Å². The largest absolute Gasteiger partial charge is 0.383 e. The Balaban J connectivity index is 3.10. The molecule has 0 aromatic carbocycles. The Labute approximate surface area is 105 Å². The van der Waals surface area contributed by atoms with Crippen molar-refractivity contribution in [2.45, 2.75) is 20.4 Å². The third kappa shape index (κ3) is 3.36. The molecule has 1 aromatic heterocycles. The van der Waals surface area contributed by atoms with Gasteiger partial charge in [0.25, 0.3) is 5.56 Å². The maximum absolute atomic E-state index is 11.7. The number of rotatable bonds is 6. The molecule has 0 bridgehead atoms. The van der Waals surface area contributed by atoms with Gasteiger partial charge in [-0.15, -0.1) is 0 Å². The van der Waals surface area contributed by atoms with Gasteiger partial charge in [-0.3, -0.25) is 14.3 Å². The van der Waals surface area contributed by atoms with Crippen LogP contribution in [0.4, 0.5) is 11.5 Å². The van der Waals surface area contributed by atoms with E-state index >= 15 is 0 Å². The van der Waals surface area contributed by atoms with Crippen LogP contribution in [-0.2, 0) is 11.3 Å². The van der Waals surface area contributed by atoms with E-state index in [0.29, 0.717) is 19.7 Å². The average molecular weight is 256 g/mol. The Kier molecular flexibility index (Phi) is 4.96. The molecule has 1 heterocycles. The molecule has 1 aromatic rings. The van der Waals surface area contributed by atoms with Crippen LogP contribution in [0, 0.1) is 5.92 Å². The van der Waals surface area contributed by atoms with Gasteiger partial charge in [-0.25, -0.2) is 4.79 Å². The lowest BCUT2D eigenvalue weighted by atomic mass is 10.2. The quantitative estimate of drug-likeness (QED) is 0.613. The van der Waals surface area contributed by atoms with E-state index in [1.165, 1.54) is 4.57 Å². The van der Waals surface area contributed by atoms with E-state index in [-0.39, 0.29) is 17.4 Å². The average Bonchev–Trinajstić information content (AvgIpc) is 2.28. The number of ether oxygens (including phenoxy) is 1. The molecule has 18 heavy (non-hydrogen) atoms. The van der Waals surface area contributed by atoms with E-state index in [2.05, 4.69) is 10.3 Å². The van der Waals surface area contributed by atoms with Crippen molar-refractivity contribution in [3.05, 3.63) is 20.8 Å². The number of anilines is 2. The summed E-state index contributed by atoms with van der Waals surface area (Å²) in [5.41, 5.74) is 5.08. The van der Waals surface area contributed by atoms with Gasteiger partial charge in [0.05, 0.1) is 6.61 Å². The van der Waals surface area contributed by atoms with Crippen LogP contribution in [0.3, 0.4) is 0 Å². The summed E-state index contributed by atoms with van der Waals surface area (Å²) in [5.74, 6) is 0.413. The molecule has 0 saturated heterocycles. The Bertz CT molecular complexity index is 504. The second kappa shape index (κ2) is 6.25. The molecule has 0 atom stereocenters. The van der Waals surface area contributed by atoms with Crippen LogP contribution in [0.5, 0.6) is 0 Å². The first-order valence-corrected chi connectivity index (χ1v) is 5.82. The highest BCUT2D eigenvalue weighted by Gasteiger charge is 2.12. The number of methoxy groups -OCH3 is 1. The Morgan fingerprint density at radius 3 is 2.67 bits per heavy atom. The molecule has 102 valence electrons. The molecular weight excluding hydrogens is 236 g/mol. The van der Waals surface area contributed by atoms with Crippen LogP contribution in [0.2, 0.25) is 0 Å². The molecule has 0 spiro atoms. The Hall–Kier alpha value is -1.76. The van der Waals surface area contributed by atoms with Crippen LogP contribution in [-0.4, -0.2) is 29.8 Å². The second-order valence-corrected chi connectivity index (χ2v) is 4.44. The summed E-state index contributed by atoms with van der Waals surface area (Å²) >= 11 is 0. The van der Waals surface area contributed by atoms with Gasteiger partial charge in [-0.05, 0) is 5.92 Å². The minimum Gasteiger partial charge on any atom is -0.383 e. The monoisotopic (exact) mass is 256 g/mol. The second-order valence-electron chi connectivity index (χ2n) is 4.44. The van der Waals surface area contributed by atoms with E-state index in [0.717, 1.165) is 0 Å². The maximum Gasteiger partial charge on any atom is 0.330 e. The van der Waals surface area contributed by atoms with Crippen LogP contribution < -0.4 is 22.3 Å². The number of nitrogens with one attached hydrogen (secondary N) is 2. The lowest BCUT2D eigenvalue weighted by Gasteiger charge is -2.15. The molecule has 0 unspecified atom stereocenters. The number of aromatic amines is 1. The summed E-state index contributed by atoms with van der Waals surface area (Å²) in [6, 6.07) is 0. The molecule has 0 fully saturated rings. The highest BCUT2D eigenvalue weighted by Crippen LogP contribution is 2.11. The lowest BCUT2D eigenvalue weighted by molar-refractivity contribution is 0.210. The van der Waals surface area contributed by atoms with Gasteiger partial charge in [-0.1, -0.05) is 13.8 Å². The molecule has 0 saturated carbocycles. The molecule has 0 radical (unpaired) electrons. The number of nitrogens with two attached hydrogens (primary N) is 1. The minimum atomic E-state index is -0.506. The summed E-state index contributed by atoms with van der Waals surface area (Å²) in [4.78, 5) is 25.5. The van der Waals surface area contributed by atoms with Gasteiger partial charge in [-0.2, -0.15) is 0 Å². The normalized spacial score (nSPS) is 10.9. The zero-order valence-corrected chi connectivity index (χ0v) is 10.9. The van der Waals surface area contributed by atoms with Gasteiger partial charge in [0.1, 0.15) is 11.5 Å². The highest BCUT2D eigenvalue weighted by molar-refractivity contribution is 5.60. The molecule has 1 rings (SSSR count). The molecule has 0 aliphatic rings. The van der Waals surface area contributed by atoms with Gasteiger partial charge >= 0.3 is 5.69 Å². The maximum atomic E-state index is 11.7. The van der Waals surface area contributed by atoms with E-state index in [1.54, 1.807) is 7.11 Å². The van der Waals surface area contributed by atoms with Crippen molar-refractivity contribution in [1.82, 2.24) is 9.55 Å². The zero-order chi connectivity index (χ0) is 13.7. The standard InChI is InChI=1S/C11H20N4O3/c1-7(2)6-15-9(12)8(13-4-5-18-3)10(16)14-11(15)17/h7,13H,4-6,12H2,1-3H3,(H,14,16,17). The Morgan fingerprint density at radius 1 is 1.44 bits per heavy atom. The van der Waals surface area contributed by atoms with Crippen LogP contribution in [0.1, 0.15) is 13.8 Å². The number of hydrogen-bond acceptors (Lipinski definition) is 5. The van der Waals surface area contributed by atoms with Crippen LogP contribution in [0.25, 0.3) is 0 Å². The number of H-pyrrole nitrogens is 1. The van der Waals surface area contributed by atoms with Crippen molar-refractivity contribution >= 4 is 11.5 Å². The number of nitrogen functional groups attached to an aromatic ring is 1. The number of aromatic nitrogens is 2. The summed E-state index contributed by atoms with van der Waals surface area (Å²) in [6.45, 7) is 5.29. The molecule has 0 amide bonds. The SMILES string of the molecule is COCCNc1c(N)n(CC(C)C)c(=O)[nH]c1=O. The fraction of sp³-hybridized carbons (Fsp3) is 0.636. The van der Waals surface area contributed by atoms with Gasteiger partial charge in [0.15, 0.2) is 0 Å². The number of hydrogen-bond donors (Lipinski definition) is 3. The van der Waals surface area contributed by atoms with Gasteiger partial charge in [0, 0.05) is 20.2 Å². The molecule has 0 aliphatic carbocycles. The fourth-order valence-corrected chi connectivity index (χ4v) is 1.58. The third-order valence-corrected chi connectivity index (χ3v) is 2.40. The van der Waals surface area contributed by atoms with Crippen molar-refractivity contribution < 1.29 is 4.74 Å². The third-order valence-electron chi connectivity index (χ3n) is 2.40. The fourth-order valence-electron chi connectivity index (χ4n) is 1.58. The topological polar surface area (TPSA) is 102 Å². The first kappa shape index (κ1) is 14.3. The van der Waals surface area contributed by atoms with Crippen molar-refractivity contribution in [3.8, 4) is 0 Å². The van der Waals surface area contributed by atoms with E-state index in [1.807, 2.05) is 13.8 Å². The Morgan fingerprint density at radius 2 is 2.11 bits per heavy atom. The van der Waals surface area contributed by atoms with Crippen molar-refractivity contribution in [2.75, 3.05) is 31.3 Å². The first-order valence-electron chi connectivity index (χ1n) is 5.82. The predicted molar refractivity (Wildman–Crippen MR) is 70.9 cm³/mol. The van der Waals surface area contributed by atoms with Crippen molar-refractivity contribution in [3.63, 3.8) is 0 Å². The van der Waals surface area contributed by atoms with Crippen LogP contribution >= 0.6 is 0 Å². The summed E-state index contributed by atoms with van der Waals surface area (Å²) in [5, 5.41) is 2.87. The molecule has 0 aliphatic heterocycles. The summed E-state index contributed by atoms with van der Waals surface area (Å²) in [6.07, 6.45) is 0. The summed E-state index contributed by atoms with van der Waals surface area (Å²) in [7, 11) is 1.56. The molecule has 7 heteroatoms. The van der Waals surface area contributed by atoms with Crippen LogP contribution in [0.15, 0.2) is 9.59 Å². The van der Waals surface area contributed by atoms with Gasteiger partial charge in [0.2, 0.25) is 0 Å². The minimum absolute atomic E-state index is 0.161. The number of nitrogens with zero attached hydrogens (tertiary/aromatic N) is 1. The molecule has 4 N–H and O–H groups in total. The van der Waals surface area contributed by atoms with E-state index in [4.69, 9.17) is 10.5 Å². The highest BCUT2D eigenvalue weighted by atomic mass is 16.5. The zero-order valence-electron chi connectivity index (χ0n) is 10.9. The van der Waals surface area contributed by atoms with E-state index < -0.39 is 11.2 Å². The molecular formula is C11H20N4O3. The molecule has 7 nitrogen and oxygen atoms in total. The predicted octanol–water partition coefficient (Wildman–Crippen LogP) is -0.167. The first-order chi connectivity index (χ1) is 8.47. The lowest BCUT2D eigenvalue weighted by Crippen LogP contribution is -2.35.